The number of furan rings is 1. The van der Waals surface area contributed by atoms with Gasteiger partial charge in [0.1, 0.15) is 0 Å². The van der Waals surface area contributed by atoms with Gasteiger partial charge in [0, 0.05) is 0 Å². The van der Waals surface area contributed by atoms with Gasteiger partial charge in [0.05, 0.1) is 18.5 Å². The lowest BCUT2D eigenvalue weighted by atomic mass is 10.1. The van der Waals surface area contributed by atoms with Gasteiger partial charge in [-0.3, -0.25) is 9.59 Å². The molecule has 0 saturated carbocycles. The van der Waals surface area contributed by atoms with E-state index in [1.54, 1.807) is 13.0 Å². The van der Waals surface area contributed by atoms with E-state index in [1.807, 2.05) is 31.2 Å². The smallest absolute Gasteiger partial charge is 0.287 e. The summed E-state index contributed by atoms with van der Waals surface area (Å²) in [5.74, 6) is -0.696. The fourth-order valence-electron chi connectivity index (χ4n) is 1.70. The second kappa shape index (κ2) is 7.21. The zero-order chi connectivity index (χ0) is 15.9. The van der Waals surface area contributed by atoms with E-state index in [0.717, 1.165) is 11.1 Å². The molecule has 6 nitrogen and oxygen atoms in total. The number of hydrazone groups is 1. The summed E-state index contributed by atoms with van der Waals surface area (Å²) in [5.41, 5.74) is 5.16. The molecular weight excluding hydrogens is 282 g/mol. The van der Waals surface area contributed by atoms with E-state index >= 15 is 0 Å². The topological polar surface area (TPSA) is 83.7 Å². The molecule has 114 valence electrons. The van der Waals surface area contributed by atoms with Gasteiger partial charge in [0.15, 0.2) is 5.76 Å². The standard InChI is InChI=1S/C16H17N3O3/c1-11-5-7-13(8-6-11)12(2)18-19-15(20)10-17-16(21)14-4-3-9-22-14/h3-9H,10H2,1-2H3,(H,17,21)(H,19,20). The van der Waals surface area contributed by atoms with Crippen LogP contribution in [0.25, 0.3) is 0 Å². The van der Waals surface area contributed by atoms with Crippen molar-refractivity contribution in [1.29, 1.82) is 0 Å². The highest BCUT2D eigenvalue weighted by atomic mass is 16.3. The molecule has 2 aromatic rings. The molecule has 0 aliphatic heterocycles. The number of nitrogens with zero attached hydrogens (tertiary/aromatic N) is 1. The number of benzene rings is 1. The molecule has 0 aliphatic rings. The van der Waals surface area contributed by atoms with Gasteiger partial charge in [0.2, 0.25) is 0 Å². The molecule has 6 heteroatoms. The predicted octanol–water partition coefficient (Wildman–Crippen LogP) is 1.86. The van der Waals surface area contributed by atoms with Crippen molar-refractivity contribution in [1.82, 2.24) is 10.7 Å². The van der Waals surface area contributed by atoms with Gasteiger partial charge in [0.25, 0.3) is 11.8 Å². The minimum atomic E-state index is -0.445. The highest BCUT2D eigenvalue weighted by Crippen LogP contribution is 2.04. The Labute approximate surface area is 128 Å². The molecule has 0 spiro atoms. The molecule has 1 aromatic carbocycles. The largest absolute Gasteiger partial charge is 0.459 e. The van der Waals surface area contributed by atoms with E-state index < -0.39 is 11.8 Å². The number of aryl methyl sites for hydroxylation is 1. The maximum absolute atomic E-state index is 11.6. The Hall–Kier alpha value is -2.89. The van der Waals surface area contributed by atoms with E-state index in [1.165, 1.54) is 12.3 Å². The predicted molar refractivity (Wildman–Crippen MR) is 82.6 cm³/mol. The number of hydrogen-bond donors (Lipinski definition) is 2. The Bertz CT molecular complexity index is 673. The van der Waals surface area contributed by atoms with Crippen molar-refractivity contribution in [2.45, 2.75) is 13.8 Å². The van der Waals surface area contributed by atoms with Gasteiger partial charge < -0.3 is 9.73 Å². The van der Waals surface area contributed by atoms with Gasteiger partial charge in [-0.25, -0.2) is 5.43 Å². The minimum Gasteiger partial charge on any atom is -0.459 e. The van der Waals surface area contributed by atoms with E-state index in [-0.39, 0.29) is 12.3 Å². The maximum Gasteiger partial charge on any atom is 0.287 e. The Morgan fingerprint density at radius 1 is 1.18 bits per heavy atom. The van der Waals surface area contributed by atoms with Gasteiger partial charge in [-0.15, -0.1) is 0 Å². The molecule has 2 amide bonds. The third-order valence-electron chi connectivity index (χ3n) is 2.97. The number of amides is 2. The molecule has 0 unspecified atom stereocenters. The van der Waals surface area contributed by atoms with Crippen LogP contribution in [0.1, 0.15) is 28.6 Å². The van der Waals surface area contributed by atoms with Gasteiger partial charge >= 0.3 is 0 Å². The number of carbonyl (C=O) groups excluding carboxylic acids is 2. The summed E-state index contributed by atoms with van der Waals surface area (Å²) in [6.07, 6.45) is 1.39. The van der Waals surface area contributed by atoms with Crippen LogP contribution in [0, 0.1) is 6.92 Å². The number of hydrogen-bond acceptors (Lipinski definition) is 4. The lowest BCUT2D eigenvalue weighted by molar-refractivity contribution is -0.120. The second-order valence-corrected chi connectivity index (χ2v) is 4.76. The monoisotopic (exact) mass is 299 g/mol. The average Bonchev–Trinajstić information content (AvgIpc) is 3.05. The molecule has 0 saturated heterocycles. The quantitative estimate of drug-likeness (QED) is 0.653. The van der Waals surface area contributed by atoms with Crippen LogP contribution in [0.15, 0.2) is 52.2 Å². The van der Waals surface area contributed by atoms with Gasteiger partial charge in [-0.2, -0.15) is 5.10 Å². The molecular formula is C16H17N3O3. The highest BCUT2D eigenvalue weighted by Gasteiger charge is 2.09. The number of rotatable bonds is 5. The maximum atomic E-state index is 11.6. The summed E-state index contributed by atoms with van der Waals surface area (Å²) in [7, 11) is 0. The lowest BCUT2D eigenvalue weighted by Crippen LogP contribution is -2.35. The SMILES string of the molecule is CC(=NNC(=O)CNC(=O)c1ccco1)c1ccc(C)cc1. The van der Waals surface area contributed by atoms with Crippen LogP contribution in [0.3, 0.4) is 0 Å². The fraction of sp³-hybridized carbons (Fsp3) is 0.188. The minimum absolute atomic E-state index is 0.159. The summed E-state index contributed by atoms with van der Waals surface area (Å²) in [5, 5.41) is 6.45. The Morgan fingerprint density at radius 2 is 1.91 bits per heavy atom. The normalized spacial score (nSPS) is 11.1. The van der Waals surface area contributed by atoms with Crippen LogP contribution in [0.4, 0.5) is 0 Å². The van der Waals surface area contributed by atoms with E-state index in [0.29, 0.717) is 5.71 Å². The Balaban J connectivity index is 1.83. The first kappa shape index (κ1) is 15.5. The number of carbonyl (C=O) groups is 2. The molecule has 0 radical (unpaired) electrons. The molecule has 0 atom stereocenters. The summed E-state index contributed by atoms with van der Waals surface area (Å²) >= 11 is 0. The van der Waals surface area contributed by atoms with Crippen molar-refractivity contribution in [3.8, 4) is 0 Å². The Morgan fingerprint density at radius 3 is 2.55 bits per heavy atom. The molecule has 1 heterocycles. The molecule has 0 fully saturated rings. The highest BCUT2D eigenvalue weighted by molar-refractivity contribution is 5.99. The molecule has 0 aliphatic carbocycles. The Kier molecular flexibility index (Phi) is 5.08. The van der Waals surface area contributed by atoms with Crippen LogP contribution in [0.5, 0.6) is 0 Å². The first-order valence-electron chi connectivity index (χ1n) is 6.78. The van der Waals surface area contributed by atoms with Crippen molar-refractivity contribution in [3.05, 3.63) is 59.5 Å². The number of nitrogens with one attached hydrogen (secondary N) is 2. The zero-order valence-electron chi connectivity index (χ0n) is 12.4. The van der Waals surface area contributed by atoms with E-state index in [9.17, 15) is 9.59 Å². The van der Waals surface area contributed by atoms with Crippen molar-refractivity contribution < 1.29 is 14.0 Å². The van der Waals surface area contributed by atoms with Crippen LogP contribution < -0.4 is 10.7 Å². The van der Waals surface area contributed by atoms with Crippen molar-refractivity contribution in [2.75, 3.05) is 6.54 Å². The van der Waals surface area contributed by atoms with Crippen molar-refractivity contribution in [3.63, 3.8) is 0 Å². The zero-order valence-corrected chi connectivity index (χ0v) is 12.4. The van der Waals surface area contributed by atoms with E-state index in [4.69, 9.17) is 4.42 Å². The van der Waals surface area contributed by atoms with Crippen LogP contribution in [-0.4, -0.2) is 24.1 Å². The third-order valence-corrected chi connectivity index (χ3v) is 2.97. The van der Waals surface area contributed by atoms with Crippen molar-refractivity contribution >= 4 is 17.5 Å². The first-order chi connectivity index (χ1) is 10.6. The van der Waals surface area contributed by atoms with Crippen molar-refractivity contribution in [2.24, 2.45) is 5.10 Å². The average molecular weight is 299 g/mol. The van der Waals surface area contributed by atoms with Crippen LogP contribution in [0.2, 0.25) is 0 Å². The van der Waals surface area contributed by atoms with Gasteiger partial charge in [-0.1, -0.05) is 29.8 Å². The molecule has 2 rings (SSSR count). The second-order valence-electron chi connectivity index (χ2n) is 4.76. The summed E-state index contributed by atoms with van der Waals surface area (Å²) < 4.78 is 4.92. The van der Waals surface area contributed by atoms with E-state index in [2.05, 4.69) is 15.8 Å². The summed E-state index contributed by atoms with van der Waals surface area (Å²) in [6, 6.07) is 10.9. The summed E-state index contributed by atoms with van der Waals surface area (Å²) in [4.78, 5) is 23.2. The molecule has 1 aromatic heterocycles. The summed E-state index contributed by atoms with van der Waals surface area (Å²) in [6.45, 7) is 3.62. The lowest BCUT2D eigenvalue weighted by Gasteiger charge is -2.04. The van der Waals surface area contributed by atoms with Crippen LogP contribution in [-0.2, 0) is 4.79 Å². The first-order valence-corrected chi connectivity index (χ1v) is 6.78. The molecule has 0 bridgehead atoms. The third kappa shape index (κ3) is 4.31. The van der Waals surface area contributed by atoms with Gasteiger partial charge in [-0.05, 0) is 31.5 Å². The molecule has 22 heavy (non-hydrogen) atoms. The fourth-order valence-corrected chi connectivity index (χ4v) is 1.70. The van der Waals surface area contributed by atoms with Crippen LogP contribution >= 0.6 is 0 Å². The molecule has 2 N–H and O–H groups in total.